The standard InChI is InChI=1S/C14H15N3O2/c1-10(2)19-13-8-4-3-6-11(13)16-14(18)12-7-5-9-15-17-12/h3-10H,1-2H3,(H,16,18). The van der Waals surface area contributed by atoms with Gasteiger partial charge in [-0.3, -0.25) is 4.79 Å². The SMILES string of the molecule is CC(C)Oc1ccccc1NC(=O)c1cccnn1. The molecule has 0 radical (unpaired) electrons. The zero-order valence-electron chi connectivity index (χ0n) is 10.8. The van der Waals surface area contributed by atoms with Gasteiger partial charge in [0.25, 0.3) is 5.91 Å². The monoisotopic (exact) mass is 257 g/mol. The minimum atomic E-state index is -0.312. The highest BCUT2D eigenvalue weighted by molar-refractivity contribution is 6.03. The summed E-state index contributed by atoms with van der Waals surface area (Å²) >= 11 is 0. The molecule has 0 aliphatic rings. The van der Waals surface area contributed by atoms with Gasteiger partial charge >= 0.3 is 0 Å². The molecule has 0 fully saturated rings. The molecule has 0 saturated carbocycles. The zero-order chi connectivity index (χ0) is 13.7. The number of hydrogen-bond donors (Lipinski definition) is 1. The highest BCUT2D eigenvalue weighted by atomic mass is 16.5. The summed E-state index contributed by atoms with van der Waals surface area (Å²) in [6, 6.07) is 10.6. The van der Waals surface area contributed by atoms with Gasteiger partial charge in [0.15, 0.2) is 5.69 Å². The number of nitrogens with zero attached hydrogens (tertiary/aromatic N) is 2. The van der Waals surface area contributed by atoms with Crippen LogP contribution >= 0.6 is 0 Å². The molecule has 0 spiro atoms. The van der Waals surface area contributed by atoms with E-state index in [1.165, 1.54) is 6.20 Å². The van der Waals surface area contributed by atoms with Gasteiger partial charge in [-0.1, -0.05) is 12.1 Å². The fourth-order valence-electron chi connectivity index (χ4n) is 1.54. The Kier molecular flexibility index (Phi) is 4.07. The highest BCUT2D eigenvalue weighted by Crippen LogP contribution is 2.25. The lowest BCUT2D eigenvalue weighted by atomic mass is 10.2. The topological polar surface area (TPSA) is 64.1 Å². The molecular weight excluding hydrogens is 242 g/mol. The number of hydrogen-bond acceptors (Lipinski definition) is 4. The summed E-state index contributed by atoms with van der Waals surface area (Å²) in [6.45, 7) is 3.86. The zero-order valence-corrected chi connectivity index (χ0v) is 10.8. The van der Waals surface area contributed by atoms with E-state index in [2.05, 4.69) is 15.5 Å². The van der Waals surface area contributed by atoms with Gasteiger partial charge in [-0.25, -0.2) is 0 Å². The lowest BCUT2D eigenvalue weighted by molar-refractivity contribution is 0.102. The van der Waals surface area contributed by atoms with E-state index in [0.717, 1.165) is 0 Å². The first kappa shape index (κ1) is 13.0. The Balaban J connectivity index is 2.17. The third-order valence-corrected chi connectivity index (χ3v) is 2.30. The van der Waals surface area contributed by atoms with E-state index in [1.807, 2.05) is 32.0 Å². The Bertz CT molecular complexity index is 556. The lowest BCUT2D eigenvalue weighted by Crippen LogP contribution is -2.16. The molecule has 1 N–H and O–H groups in total. The number of anilines is 1. The minimum absolute atomic E-state index is 0.0366. The second-order valence-corrected chi connectivity index (χ2v) is 4.23. The Hall–Kier alpha value is -2.43. The Morgan fingerprint density at radius 2 is 2.00 bits per heavy atom. The summed E-state index contributed by atoms with van der Waals surface area (Å²) in [6.07, 6.45) is 1.56. The van der Waals surface area contributed by atoms with Crippen molar-refractivity contribution in [2.45, 2.75) is 20.0 Å². The minimum Gasteiger partial charge on any atom is -0.489 e. The van der Waals surface area contributed by atoms with E-state index in [-0.39, 0.29) is 17.7 Å². The number of nitrogens with one attached hydrogen (secondary N) is 1. The normalized spacial score (nSPS) is 10.3. The molecule has 1 aromatic carbocycles. The molecular formula is C14H15N3O2. The van der Waals surface area contributed by atoms with Crippen LogP contribution in [0.2, 0.25) is 0 Å². The third-order valence-electron chi connectivity index (χ3n) is 2.30. The van der Waals surface area contributed by atoms with Crippen molar-refractivity contribution in [3.63, 3.8) is 0 Å². The van der Waals surface area contributed by atoms with Crippen molar-refractivity contribution in [2.24, 2.45) is 0 Å². The van der Waals surface area contributed by atoms with Crippen molar-refractivity contribution < 1.29 is 9.53 Å². The molecule has 0 saturated heterocycles. The van der Waals surface area contributed by atoms with Crippen LogP contribution in [0.1, 0.15) is 24.3 Å². The molecule has 19 heavy (non-hydrogen) atoms. The maximum Gasteiger partial charge on any atom is 0.276 e. The van der Waals surface area contributed by atoms with Gasteiger partial charge in [0, 0.05) is 6.20 Å². The molecule has 98 valence electrons. The maximum absolute atomic E-state index is 12.0. The first-order valence-corrected chi connectivity index (χ1v) is 6.01. The predicted molar refractivity (Wildman–Crippen MR) is 72.2 cm³/mol. The summed E-state index contributed by atoms with van der Waals surface area (Å²) in [7, 11) is 0. The molecule has 2 rings (SSSR count). The number of carbonyl (C=O) groups is 1. The van der Waals surface area contributed by atoms with Crippen LogP contribution in [0.15, 0.2) is 42.6 Å². The van der Waals surface area contributed by atoms with Gasteiger partial charge < -0.3 is 10.1 Å². The summed E-state index contributed by atoms with van der Waals surface area (Å²) < 4.78 is 5.63. The fourth-order valence-corrected chi connectivity index (χ4v) is 1.54. The molecule has 0 bridgehead atoms. The molecule has 0 aliphatic carbocycles. The molecule has 0 atom stereocenters. The van der Waals surface area contributed by atoms with Crippen LogP contribution < -0.4 is 10.1 Å². The van der Waals surface area contributed by atoms with E-state index < -0.39 is 0 Å². The summed E-state index contributed by atoms with van der Waals surface area (Å²) in [5.41, 5.74) is 0.883. The number of carbonyl (C=O) groups excluding carboxylic acids is 1. The number of benzene rings is 1. The van der Waals surface area contributed by atoms with Crippen LogP contribution in [-0.4, -0.2) is 22.2 Å². The van der Waals surface area contributed by atoms with Crippen LogP contribution in [-0.2, 0) is 0 Å². The predicted octanol–water partition coefficient (Wildman–Crippen LogP) is 2.52. The molecule has 1 heterocycles. The van der Waals surface area contributed by atoms with Gasteiger partial charge in [-0.05, 0) is 38.1 Å². The Morgan fingerprint density at radius 1 is 1.21 bits per heavy atom. The van der Waals surface area contributed by atoms with Gasteiger partial charge in [-0.15, -0.1) is 5.10 Å². The van der Waals surface area contributed by atoms with Gasteiger partial charge in [0.1, 0.15) is 5.75 Å². The van der Waals surface area contributed by atoms with Crippen molar-refractivity contribution >= 4 is 11.6 Å². The summed E-state index contributed by atoms with van der Waals surface area (Å²) in [5, 5.41) is 10.2. The van der Waals surface area contributed by atoms with Crippen molar-refractivity contribution in [2.75, 3.05) is 5.32 Å². The number of amides is 1. The largest absolute Gasteiger partial charge is 0.489 e. The summed E-state index contributed by atoms with van der Waals surface area (Å²) in [5.74, 6) is 0.322. The molecule has 1 aromatic heterocycles. The smallest absolute Gasteiger partial charge is 0.276 e. The van der Waals surface area contributed by atoms with E-state index in [0.29, 0.717) is 11.4 Å². The number of para-hydroxylation sites is 2. The second kappa shape index (κ2) is 5.95. The van der Waals surface area contributed by atoms with Crippen molar-refractivity contribution in [1.29, 1.82) is 0 Å². The molecule has 5 heteroatoms. The van der Waals surface area contributed by atoms with E-state index in [9.17, 15) is 4.79 Å². The number of rotatable bonds is 4. The molecule has 0 unspecified atom stereocenters. The maximum atomic E-state index is 12.0. The average Bonchev–Trinajstić information content (AvgIpc) is 2.41. The van der Waals surface area contributed by atoms with Crippen molar-refractivity contribution in [3.05, 3.63) is 48.3 Å². The first-order valence-electron chi connectivity index (χ1n) is 6.01. The molecule has 1 amide bonds. The van der Waals surface area contributed by atoms with E-state index in [4.69, 9.17) is 4.74 Å². The molecule has 5 nitrogen and oxygen atoms in total. The van der Waals surface area contributed by atoms with Crippen LogP contribution in [0.3, 0.4) is 0 Å². The number of aromatic nitrogens is 2. The Labute approximate surface area is 111 Å². The van der Waals surface area contributed by atoms with E-state index >= 15 is 0 Å². The van der Waals surface area contributed by atoms with Crippen LogP contribution in [0.5, 0.6) is 5.75 Å². The average molecular weight is 257 g/mol. The number of ether oxygens (including phenoxy) is 1. The molecule has 0 aliphatic heterocycles. The second-order valence-electron chi connectivity index (χ2n) is 4.23. The third kappa shape index (κ3) is 3.51. The quantitative estimate of drug-likeness (QED) is 0.914. The fraction of sp³-hybridized carbons (Fsp3) is 0.214. The van der Waals surface area contributed by atoms with Gasteiger partial charge in [0.05, 0.1) is 11.8 Å². The first-order chi connectivity index (χ1) is 9.16. The van der Waals surface area contributed by atoms with Gasteiger partial charge in [-0.2, -0.15) is 5.10 Å². The summed E-state index contributed by atoms with van der Waals surface area (Å²) in [4.78, 5) is 12.0. The van der Waals surface area contributed by atoms with Crippen molar-refractivity contribution in [3.8, 4) is 5.75 Å². The van der Waals surface area contributed by atoms with Crippen LogP contribution in [0.4, 0.5) is 5.69 Å². The van der Waals surface area contributed by atoms with Gasteiger partial charge in [0.2, 0.25) is 0 Å². The van der Waals surface area contributed by atoms with E-state index in [1.54, 1.807) is 18.2 Å². The highest BCUT2D eigenvalue weighted by Gasteiger charge is 2.11. The lowest BCUT2D eigenvalue weighted by Gasteiger charge is -2.14. The van der Waals surface area contributed by atoms with Crippen LogP contribution in [0, 0.1) is 0 Å². The van der Waals surface area contributed by atoms with Crippen molar-refractivity contribution in [1.82, 2.24) is 10.2 Å². The van der Waals surface area contributed by atoms with Crippen LogP contribution in [0.25, 0.3) is 0 Å². The molecule has 2 aromatic rings. The Morgan fingerprint density at radius 3 is 2.68 bits per heavy atom.